The maximum atomic E-state index is 12.7. The van der Waals surface area contributed by atoms with Crippen molar-refractivity contribution in [3.8, 4) is 0 Å². The highest BCUT2D eigenvalue weighted by atomic mass is 32.2. The molecule has 130 valence electrons. The van der Waals surface area contributed by atoms with Crippen molar-refractivity contribution in [3.63, 3.8) is 0 Å². The Bertz CT molecular complexity index is 532. The summed E-state index contributed by atoms with van der Waals surface area (Å²) in [5, 5.41) is 9.12. The van der Waals surface area contributed by atoms with Crippen molar-refractivity contribution >= 4 is 11.8 Å². The van der Waals surface area contributed by atoms with Gasteiger partial charge in [-0.25, -0.2) is 0 Å². The molecule has 0 aromatic carbocycles. The Labute approximate surface area is 139 Å². The molecule has 0 saturated heterocycles. The molecule has 0 spiro atoms. The van der Waals surface area contributed by atoms with Gasteiger partial charge in [-0.2, -0.15) is 24.9 Å². The average molecular weight is 348 g/mol. The van der Waals surface area contributed by atoms with Gasteiger partial charge in [-0.1, -0.05) is 20.4 Å². The van der Waals surface area contributed by atoms with Gasteiger partial charge in [0.25, 0.3) is 0 Å². The molecule has 3 nitrogen and oxygen atoms in total. The Kier molecular flexibility index (Phi) is 6.95. The second-order valence-corrected chi connectivity index (χ2v) is 7.29. The summed E-state index contributed by atoms with van der Waals surface area (Å²) in [4.78, 5) is 3.39. The summed E-state index contributed by atoms with van der Waals surface area (Å²) in [6.07, 6.45) is -1.87. The van der Waals surface area contributed by atoms with Gasteiger partial charge in [-0.15, -0.1) is 0 Å². The van der Waals surface area contributed by atoms with E-state index in [0.29, 0.717) is 12.0 Å². The molecule has 0 radical (unpaired) electrons. The van der Waals surface area contributed by atoms with Crippen molar-refractivity contribution in [2.24, 2.45) is 5.73 Å². The number of hydrogen-bond acceptors (Lipinski definition) is 4. The third kappa shape index (κ3) is 6.43. The van der Waals surface area contributed by atoms with Crippen LogP contribution in [0.3, 0.4) is 0 Å². The van der Waals surface area contributed by atoms with Crippen LogP contribution in [0, 0.1) is 0 Å². The Morgan fingerprint density at radius 2 is 2.04 bits per heavy atom. The van der Waals surface area contributed by atoms with Crippen LogP contribution < -0.4 is 5.73 Å². The summed E-state index contributed by atoms with van der Waals surface area (Å²) in [7, 11) is 0. The number of nitrogens with zero attached hydrogens (tertiary/aromatic N) is 1. The van der Waals surface area contributed by atoms with Gasteiger partial charge >= 0.3 is 6.18 Å². The Morgan fingerprint density at radius 3 is 2.61 bits per heavy atom. The number of aliphatic hydroxyl groups excluding tert-OH is 1. The molecule has 0 bridgehead atoms. The first-order chi connectivity index (χ1) is 10.5. The molecular formula is C16H23F3N2OS. The predicted molar refractivity (Wildman–Crippen MR) is 88.6 cm³/mol. The van der Waals surface area contributed by atoms with Gasteiger partial charge in [0.05, 0.1) is 6.04 Å². The van der Waals surface area contributed by atoms with Crippen LogP contribution in [0.2, 0.25) is 0 Å². The lowest BCUT2D eigenvalue weighted by atomic mass is 9.82. The van der Waals surface area contributed by atoms with E-state index in [2.05, 4.69) is 11.6 Å². The average Bonchev–Trinajstić information content (AvgIpc) is 2.45. The third-order valence-corrected chi connectivity index (χ3v) is 4.72. The molecule has 1 heterocycles. The van der Waals surface area contributed by atoms with Gasteiger partial charge in [-0.05, 0) is 47.5 Å². The van der Waals surface area contributed by atoms with Crippen molar-refractivity contribution in [1.29, 1.82) is 0 Å². The molecule has 0 aliphatic heterocycles. The summed E-state index contributed by atoms with van der Waals surface area (Å²) >= 11 is 1.66. The quantitative estimate of drug-likeness (QED) is 0.543. The van der Waals surface area contributed by atoms with Gasteiger partial charge < -0.3 is 10.8 Å². The van der Waals surface area contributed by atoms with Crippen LogP contribution in [0.4, 0.5) is 13.2 Å². The predicted octanol–water partition coefficient (Wildman–Crippen LogP) is 4.29. The van der Waals surface area contributed by atoms with E-state index >= 15 is 0 Å². The fraction of sp³-hybridized carbons (Fsp3) is 0.562. The van der Waals surface area contributed by atoms with Crippen molar-refractivity contribution in [1.82, 2.24) is 4.98 Å². The molecule has 7 heteroatoms. The molecule has 1 atom stereocenters. The minimum absolute atomic E-state index is 0.0256. The molecule has 1 aromatic rings. The number of alkyl halides is 3. The summed E-state index contributed by atoms with van der Waals surface area (Å²) in [5.41, 5.74) is 5.05. The molecule has 0 fully saturated rings. The molecule has 23 heavy (non-hydrogen) atoms. The standard InChI is InChI=1S/C16H23F3N2OS/c1-11(22)13(20)5-8-23-9-6-15(2,3)12-4-7-21-14(10-12)16(17,18)19/h4,7,10,13,22H,1,5-6,8-9,20H2,2-3H3. The highest BCUT2D eigenvalue weighted by Crippen LogP contribution is 2.33. The number of hydrogen-bond donors (Lipinski definition) is 2. The molecule has 0 saturated carbocycles. The second kappa shape index (κ2) is 8.06. The fourth-order valence-corrected chi connectivity index (χ4v) is 3.24. The number of aliphatic hydroxyl groups is 1. The van der Waals surface area contributed by atoms with E-state index in [1.807, 2.05) is 13.8 Å². The fourth-order valence-electron chi connectivity index (χ4n) is 1.96. The maximum Gasteiger partial charge on any atom is 0.433 e. The van der Waals surface area contributed by atoms with Gasteiger partial charge in [-0.3, -0.25) is 4.98 Å². The Hall–Kier alpha value is -1.21. The normalized spacial score (nSPS) is 13.8. The number of halogens is 3. The highest BCUT2D eigenvalue weighted by molar-refractivity contribution is 7.99. The third-order valence-electron chi connectivity index (χ3n) is 3.70. The summed E-state index contributed by atoms with van der Waals surface area (Å²) < 4.78 is 38.2. The van der Waals surface area contributed by atoms with Crippen molar-refractivity contribution in [3.05, 3.63) is 41.9 Å². The minimum Gasteiger partial charge on any atom is -0.511 e. The lowest BCUT2D eigenvalue weighted by Gasteiger charge is -2.25. The van der Waals surface area contributed by atoms with Crippen molar-refractivity contribution in [2.75, 3.05) is 11.5 Å². The van der Waals surface area contributed by atoms with Crippen molar-refractivity contribution in [2.45, 2.75) is 44.3 Å². The molecule has 0 aliphatic carbocycles. The number of rotatable bonds is 8. The number of pyridine rings is 1. The van der Waals surface area contributed by atoms with E-state index in [0.717, 1.165) is 24.0 Å². The van der Waals surface area contributed by atoms with Crippen LogP contribution in [0.15, 0.2) is 30.7 Å². The molecule has 1 rings (SSSR count). The number of nitrogens with two attached hydrogens (primary N) is 1. The van der Waals surface area contributed by atoms with E-state index in [4.69, 9.17) is 10.8 Å². The number of aromatic nitrogens is 1. The molecule has 0 aliphatic rings. The van der Waals surface area contributed by atoms with Crippen LogP contribution in [0.5, 0.6) is 0 Å². The largest absolute Gasteiger partial charge is 0.511 e. The van der Waals surface area contributed by atoms with Crippen LogP contribution in [0.1, 0.15) is 37.9 Å². The second-order valence-electron chi connectivity index (χ2n) is 6.06. The minimum atomic E-state index is -4.43. The molecule has 3 N–H and O–H groups in total. The zero-order valence-electron chi connectivity index (χ0n) is 13.4. The van der Waals surface area contributed by atoms with Gasteiger partial charge in [0, 0.05) is 6.20 Å². The zero-order valence-corrected chi connectivity index (χ0v) is 14.2. The lowest BCUT2D eigenvalue weighted by molar-refractivity contribution is -0.141. The monoisotopic (exact) mass is 348 g/mol. The van der Waals surface area contributed by atoms with Gasteiger partial charge in [0.1, 0.15) is 11.5 Å². The first kappa shape index (κ1) is 19.8. The summed E-state index contributed by atoms with van der Waals surface area (Å²) in [6.45, 7) is 7.23. The first-order valence-electron chi connectivity index (χ1n) is 7.29. The lowest BCUT2D eigenvalue weighted by Crippen LogP contribution is -2.23. The summed E-state index contributed by atoms with van der Waals surface area (Å²) in [6, 6.07) is 2.33. The van der Waals surface area contributed by atoms with Gasteiger partial charge in [0.15, 0.2) is 0 Å². The van der Waals surface area contributed by atoms with Gasteiger partial charge in [0.2, 0.25) is 0 Å². The first-order valence-corrected chi connectivity index (χ1v) is 8.44. The SMILES string of the molecule is C=C(O)C(N)CCSCCC(C)(C)c1ccnc(C(F)(F)F)c1. The van der Waals surface area contributed by atoms with E-state index in [9.17, 15) is 13.2 Å². The van der Waals surface area contributed by atoms with E-state index in [-0.39, 0.29) is 11.2 Å². The van der Waals surface area contributed by atoms with E-state index in [1.165, 1.54) is 6.20 Å². The molecule has 1 aromatic heterocycles. The Morgan fingerprint density at radius 1 is 1.39 bits per heavy atom. The zero-order chi connectivity index (χ0) is 17.7. The van der Waals surface area contributed by atoms with Crippen LogP contribution in [-0.4, -0.2) is 27.6 Å². The van der Waals surface area contributed by atoms with E-state index < -0.39 is 17.9 Å². The molecule has 0 amide bonds. The number of thioether (sulfide) groups is 1. The highest BCUT2D eigenvalue weighted by Gasteiger charge is 2.33. The molecule has 1 unspecified atom stereocenters. The van der Waals surface area contributed by atoms with Crippen LogP contribution in [0.25, 0.3) is 0 Å². The maximum absolute atomic E-state index is 12.7. The summed E-state index contributed by atoms with van der Waals surface area (Å²) in [5.74, 6) is 1.53. The van der Waals surface area contributed by atoms with Crippen LogP contribution in [-0.2, 0) is 11.6 Å². The van der Waals surface area contributed by atoms with Crippen molar-refractivity contribution < 1.29 is 18.3 Å². The van der Waals surface area contributed by atoms with E-state index in [1.54, 1.807) is 17.8 Å². The Balaban J connectivity index is 2.54. The van der Waals surface area contributed by atoms with Crippen LogP contribution >= 0.6 is 11.8 Å². The smallest absolute Gasteiger partial charge is 0.433 e. The topological polar surface area (TPSA) is 59.1 Å². The molecular weight excluding hydrogens is 325 g/mol.